The summed E-state index contributed by atoms with van der Waals surface area (Å²) in [4.78, 5) is 5.65. The van der Waals surface area contributed by atoms with Gasteiger partial charge in [0, 0.05) is 4.90 Å². The monoisotopic (exact) mass is 273 g/mol. The lowest BCUT2D eigenvalue weighted by Crippen LogP contribution is -1.78. The molecule has 0 amide bonds. The molecule has 0 bridgehead atoms. The minimum absolute atomic E-state index is 0.310. The van der Waals surface area contributed by atoms with Gasteiger partial charge in [-0.15, -0.1) is 23.1 Å². The Morgan fingerprint density at radius 3 is 2.83 bits per heavy atom. The van der Waals surface area contributed by atoms with Crippen molar-refractivity contribution in [1.82, 2.24) is 4.98 Å². The molecule has 0 saturated heterocycles. The summed E-state index contributed by atoms with van der Waals surface area (Å²) in [5.41, 5.74) is 1.06. The Morgan fingerprint density at radius 2 is 2.00 bits per heavy atom. The van der Waals surface area contributed by atoms with Crippen molar-refractivity contribution in [2.75, 3.05) is 0 Å². The van der Waals surface area contributed by atoms with E-state index >= 15 is 0 Å². The fraction of sp³-hybridized carbons (Fsp3) is 0.0714. The van der Waals surface area contributed by atoms with Crippen LogP contribution in [0.1, 0.15) is 5.01 Å². The smallest absolute Gasteiger partial charge is 0.116 e. The van der Waals surface area contributed by atoms with Crippen LogP contribution >= 0.6 is 23.1 Å². The van der Waals surface area contributed by atoms with Crippen molar-refractivity contribution in [3.8, 4) is 5.75 Å². The second kappa shape index (κ2) is 5.00. The first kappa shape index (κ1) is 11.6. The van der Waals surface area contributed by atoms with Gasteiger partial charge in [-0.3, -0.25) is 0 Å². The predicted octanol–water partition coefficient (Wildman–Crippen LogP) is 4.29. The second-order valence-electron chi connectivity index (χ2n) is 3.86. The molecule has 1 aromatic heterocycles. The molecule has 2 aromatic carbocycles. The van der Waals surface area contributed by atoms with Gasteiger partial charge in [-0.05, 0) is 30.3 Å². The van der Waals surface area contributed by atoms with Crippen LogP contribution in [-0.2, 0) is 5.75 Å². The highest BCUT2D eigenvalue weighted by Gasteiger charge is 2.04. The highest BCUT2D eigenvalue weighted by Crippen LogP contribution is 2.29. The highest BCUT2D eigenvalue weighted by atomic mass is 32.2. The summed E-state index contributed by atoms with van der Waals surface area (Å²) >= 11 is 3.42. The van der Waals surface area contributed by atoms with Crippen LogP contribution in [0, 0.1) is 0 Å². The van der Waals surface area contributed by atoms with Crippen molar-refractivity contribution in [1.29, 1.82) is 0 Å². The van der Waals surface area contributed by atoms with E-state index in [1.807, 2.05) is 30.3 Å². The van der Waals surface area contributed by atoms with Crippen molar-refractivity contribution in [2.45, 2.75) is 10.6 Å². The number of rotatable bonds is 3. The molecule has 3 aromatic rings. The average molecular weight is 273 g/mol. The van der Waals surface area contributed by atoms with Gasteiger partial charge in [0.25, 0.3) is 0 Å². The molecule has 3 rings (SSSR count). The van der Waals surface area contributed by atoms with E-state index in [0.29, 0.717) is 5.75 Å². The number of nitrogens with zero attached hydrogens (tertiary/aromatic N) is 1. The SMILES string of the molecule is Oc1cccc(SCc2nc3ccccc3s2)c1. The van der Waals surface area contributed by atoms with Gasteiger partial charge in [0.05, 0.1) is 16.0 Å². The molecule has 1 heterocycles. The number of benzene rings is 2. The highest BCUT2D eigenvalue weighted by molar-refractivity contribution is 7.98. The normalized spacial score (nSPS) is 10.9. The fourth-order valence-electron chi connectivity index (χ4n) is 1.70. The molecular weight excluding hydrogens is 262 g/mol. The van der Waals surface area contributed by atoms with Crippen molar-refractivity contribution in [3.05, 3.63) is 53.5 Å². The van der Waals surface area contributed by atoms with Gasteiger partial charge in [-0.1, -0.05) is 18.2 Å². The molecule has 0 spiro atoms. The van der Waals surface area contributed by atoms with Crippen LogP contribution in [0.15, 0.2) is 53.4 Å². The van der Waals surface area contributed by atoms with Crippen LogP contribution < -0.4 is 0 Å². The second-order valence-corrected chi connectivity index (χ2v) is 6.03. The lowest BCUT2D eigenvalue weighted by Gasteiger charge is -1.99. The van der Waals surface area contributed by atoms with Crippen LogP contribution in [0.2, 0.25) is 0 Å². The Kier molecular flexibility index (Phi) is 3.21. The average Bonchev–Trinajstić information content (AvgIpc) is 2.79. The third-order valence-corrected chi connectivity index (χ3v) is 4.74. The van der Waals surface area contributed by atoms with E-state index < -0.39 is 0 Å². The lowest BCUT2D eigenvalue weighted by molar-refractivity contribution is 0.474. The molecule has 1 N–H and O–H groups in total. The maximum Gasteiger partial charge on any atom is 0.116 e. The lowest BCUT2D eigenvalue weighted by atomic mass is 10.3. The molecule has 2 nitrogen and oxygen atoms in total. The maximum absolute atomic E-state index is 9.40. The molecule has 0 unspecified atom stereocenters. The Morgan fingerprint density at radius 1 is 1.11 bits per heavy atom. The van der Waals surface area contributed by atoms with Crippen LogP contribution in [0.25, 0.3) is 10.2 Å². The van der Waals surface area contributed by atoms with E-state index in [1.165, 1.54) is 4.70 Å². The Balaban J connectivity index is 1.76. The van der Waals surface area contributed by atoms with Crippen molar-refractivity contribution in [2.24, 2.45) is 0 Å². The molecule has 90 valence electrons. The van der Waals surface area contributed by atoms with Gasteiger partial charge >= 0.3 is 0 Å². The molecular formula is C14H11NOS2. The first-order valence-electron chi connectivity index (χ1n) is 5.57. The summed E-state index contributed by atoms with van der Waals surface area (Å²) in [6.07, 6.45) is 0. The third kappa shape index (κ3) is 2.49. The molecule has 0 aliphatic rings. The number of aromatic nitrogens is 1. The number of thioether (sulfide) groups is 1. The van der Waals surface area contributed by atoms with Crippen LogP contribution in [0.4, 0.5) is 0 Å². The number of thiazole rings is 1. The third-order valence-electron chi connectivity index (χ3n) is 2.52. The summed E-state index contributed by atoms with van der Waals surface area (Å²) < 4.78 is 1.23. The zero-order valence-electron chi connectivity index (χ0n) is 9.54. The molecule has 0 saturated carbocycles. The Bertz CT molecular complexity index is 645. The summed E-state index contributed by atoms with van der Waals surface area (Å²) in [5.74, 6) is 1.15. The number of phenols is 1. The van der Waals surface area contributed by atoms with Crippen molar-refractivity contribution in [3.63, 3.8) is 0 Å². The molecule has 18 heavy (non-hydrogen) atoms. The number of fused-ring (bicyclic) bond motifs is 1. The number of aromatic hydroxyl groups is 1. The van der Waals surface area contributed by atoms with E-state index in [2.05, 4.69) is 11.1 Å². The number of phenolic OH excluding ortho intramolecular Hbond substituents is 1. The number of para-hydroxylation sites is 1. The minimum Gasteiger partial charge on any atom is -0.508 e. The van der Waals surface area contributed by atoms with E-state index in [4.69, 9.17) is 0 Å². The summed E-state index contributed by atoms with van der Waals surface area (Å²) in [7, 11) is 0. The first-order valence-corrected chi connectivity index (χ1v) is 7.38. The van der Waals surface area contributed by atoms with Crippen LogP contribution in [-0.4, -0.2) is 10.1 Å². The molecule has 0 fully saturated rings. The van der Waals surface area contributed by atoms with Gasteiger partial charge in [-0.2, -0.15) is 0 Å². The zero-order valence-corrected chi connectivity index (χ0v) is 11.2. The molecule has 4 heteroatoms. The minimum atomic E-state index is 0.310. The quantitative estimate of drug-likeness (QED) is 0.722. The largest absolute Gasteiger partial charge is 0.508 e. The van der Waals surface area contributed by atoms with Crippen LogP contribution in [0.3, 0.4) is 0 Å². The maximum atomic E-state index is 9.40. The first-order chi connectivity index (χ1) is 8.81. The summed E-state index contributed by atoms with van der Waals surface area (Å²) in [6.45, 7) is 0. The van der Waals surface area contributed by atoms with Gasteiger partial charge < -0.3 is 5.11 Å². The van der Waals surface area contributed by atoms with Gasteiger partial charge in [0.15, 0.2) is 0 Å². The van der Waals surface area contributed by atoms with E-state index in [9.17, 15) is 5.11 Å². The van der Waals surface area contributed by atoms with E-state index in [1.54, 1.807) is 35.2 Å². The van der Waals surface area contributed by atoms with Crippen LogP contribution in [0.5, 0.6) is 5.75 Å². The van der Waals surface area contributed by atoms with Gasteiger partial charge in [0.2, 0.25) is 0 Å². The molecule has 0 aliphatic carbocycles. The molecule has 0 radical (unpaired) electrons. The topological polar surface area (TPSA) is 33.1 Å². The Hall–Kier alpha value is -1.52. The predicted molar refractivity (Wildman–Crippen MR) is 77.3 cm³/mol. The van der Waals surface area contributed by atoms with E-state index in [0.717, 1.165) is 21.2 Å². The Labute approximate surface area is 113 Å². The van der Waals surface area contributed by atoms with E-state index in [-0.39, 0.29) is 0 Å². The zero-order chi connectivity index (χ0) is 12.4. The number of hydrogen-bond acceptors (Lipinski definition) is 4. The summed E-state index contributed by atoms with van der Waals surface area (Å²) in [6, 6.07) is 15.5. The number of hydrogen-bond donors (Lipinski definition) is 1. The fourth-order valence-corrected chi connectivity index (χ4v) is 3.61. The molecule has 0 atom stereocenters. The van der Waals surface area contributed by atoms with Crippen molar-refractivity contribution < 1.29 is 5.11 Å². The van der Waals surface area contributed by atoms with Gasteiger partial charge in [0.1, 0.15) is 10.8 Å². The standard InChI is InChI=1S/C14H11NOS2/c16-10-4-3-5-11(8-10)17-9-14-15-12-6-1-2-7-13(12)18-14/h1-8,16H,9H2. The van der Waals surface area contributed by atoms with Gasteiger partial charge in [-0.25, -0.2) is 4.98 Å². The van der Waals surface area contributed by atoms with Crippen molar-refractivity contribution >= 4 is 33.3 Å². The molecule has 0 aliphatic heterocycles. The summed E-state index contributed by atoms with van der Waals surface area (Å²) in [5, 5.41) is 10.5.